The minimum Gasteiger partial charge on any atom is -0.212 e. The lowest BCUT2D eigenvalue weighted by Crippen LogP contribution is -2.19. The molecule has 0 amide bonds. The first-order valence-electron chi connectivity index (χ1n) is 3.54. The van der Waals surface area contributed by atoms with Crippen LogP contribution in [0.15, 0.2) is 0 Å². The van der Waals surface area contributed by atoms with Crippen LogP contribution in [0.3, 0.4) is 0 Å². The van der Waals surface area contributed by atoms with Gasteiger partial charge in [-0.3, -0.25) is 0 Å². The zero-order valence-corrected chi connectivity index (χ0v) is 8.79. The summed E-state index contributed by atoms with van der Waals surface area (Å²) in [6.07, 6.45) is 4.69. The van der Waals surface area contributed by atoms with E-state index in [-0.39, 0.29) is 18.7 Å². The molecule has 0 atom stereocenters. The molecule has 68 valence electrons. The molecule has 0 bridgehead atoms. The Hall–Kier alpha value is 0.590. The van der Waals surface area contributed by atoms with Gasteiger partial charge in [0.25, 0.3) is 0 Å². The maximum Gasteiger partial charge on any atom is 0.235 e. The first kappa shape index (κ1) is 11.6. The second-order valence-corrected chi connectivity index (χ2v) is 5.64. The molecule has 0 saturated heterocycles. The Balaban J connectivity index is 0.000001000. The Kier molecular flexibility index (Phi) is 4.82. The molecular formula is C6H13ClO2S2. The summed E-state index contributed by atoms with van der Waals surface area (Å²) in [4.78, 5) is 0. The van der Waals surface area contributed by atoms with E-state index in [4.69, 9.17) is 10.7 Å². The Morgan fingerprint density at radius 2 is 1.55 bits per heavy atom. The third kappa shape index (κ3) is 3.67. The molecule has 1 fully saturated rings. The molecule has 0 aromatic rings. The SMILES string of the molecule is O=S(=O)(Cl)C1CCCCC1.S. The van der Waals surface area contributed by atoms with Gasteiger partial charge in [0, 0.05) is 10.7 Å². The molecule has 0 aliphatic heterocycles. The normalized spacial score (nSPS) is 20.8. The van der Waals surface area contributed by atoms with Crippen molar-refractivity contribution in [2.75, 3.05) is 0 Å². The molecular weight excluding hydrogens is 204 g/mol. The summed E-state index contributed by atoms with van der Waals surface area (Å²) < 4.78 is 21.5. The highest BCUT2D eigenvalue weighted by atomic mass is 35.7. The van der Waals surface area contributed by atoms with E-state index in [0.717, 1.165) is 32.1 Å². The molecule has 0 radical (unpaired) electrons. The molecule has 11 heavy (non-hydrogen) atoms. The summed E-state index contributed by atoms with van der Waals surface area (Å²) >= 11 is 0. The van der Waals surface area contributed by atoms with E-state index in [1.54, 1.807) is 0 Å². The van der Waals surface area contributed by atoms with Gasteiger partial charge in [0.2, 0.25) is 9.05 Å². The number of rotatable bonds is 1. The lowest BCUT2D eigenvalue weighted by atomic mass is 10.0. The fraction of sp³-hybridized carbons (Fsp3) is 1.00. The predicted molar refractivity (Wildman–Crippen MR) is 52.0 cm³/mol. The quantitative estimate of drug-likeness (QED) is 0.629. The zero-order chi connectivity index (χ0) is 7.61. The van der Waals surface area contributed by atoms with Gasteiger partial charge in [-0.05, 0) is 12.8 Å². The summed E-state index contributed by atoms with van der Waals surface area (Å²) in [5.74, 6) is 0. The molecule has 0 spiro atoms. The van der Waals surface area contributed by atoms with Crippen molar-refractivity contribution in [1.29, 1.82) is 0 Å². The first-order chi connectivity index (χ1) is 4.61. The molecule has 1 aliphatic rings. The van der Waals surface area contributed by atoms with Gasteiger partial charge in [0.1, 0.15) is 0 Å². The minimum atomic E-state index is -3.25. The van der Waals surface area contributed by atoms with E-state index in [0.29, 0.717) is 0 Å². The predicted octanol–water partition coefficient (Wildman–Crippen LogP) is 2.00. The third-order valence-electron chi connectivity index (χ3n) is 1.95. The van der Waals surface area contributed by atoms with Crippen LogP contribution in [0.1, 0.15) is 32.1 Å². The van der Waals surface area contributed by atoms with Crippen molar-refractivity contribution >= 4 is 33.2 Å². The number of hydrogen-bond donors (Lipinski definition) is 0. The Morgan fingerprint density at radius 3 is 1.82 bits per heavy atom. The van der Waals surface area contributed by atoms with Crippen molar-refractivity contribution < 1.29 is 8.42 Å². The van der Waals surface area contributed by atoms with Crippen molar-refractivity contribution in [3.8, 4) is 0 Å². The molecule has 1 rings (SSSR count). The second kappa shape index (κ2) is 4.58. The van der Waals surface area contributed by atoms with Crippen molar-refractivity contribution in [3.63, 3.8) is 0 Å². The van der Waals surface area contributed by atoms with E-state index in [2.05, 4.69) is 0 Å². The second-order valence-electron chi connectivity index (χ2n) is 2.74. The summed E-state index contributed by atoms with van der Waals surface area (Å²) in [7, 11) is 1.93. The summed E-state index contributed by atoms with van der Waals surface area (Å²) in [5, 5.41) is -0.261. The molecule has 0 aromatic carbocycles. The largest absolute Gasteiger partial charge is 0.235 e. The van der Waals surface area contributed by atoms with Gasteiger partial charge in [-0.15, -0.1) is 0 Å². The summed E-state index contributed by atoms with van der Waals surface area (Å²) in [5.41, 5.74) is 0. The number of hydrogen-bond acceptors (Lipinski definition) is 2. The van der Waals surface area contributed by atoms with Crippen LogP contribution in [0.5, 0.6) is 0 Å². The van der Waals surface area contributed by atoms with Crippen LogP contribution in [0.2, 0.25) is 0 Å². The average molecular weight is 217 g/mol. The lowest BCUT2D eigenvalue weighted by molar-refractivity contribution is 0.490. The maximum absolute atomic E-state index is 10.8. The third-order valence-corrected chi connectivity index (χ3v) is 3.97. The average Bonchev–Trinajstić information content (AvgIpc) is 1.88. The topological polar surface area (TPSA) is 34.1 Å². The zero-order valence-electron chi connectivity index (χ0n) is 6.22. The highest BCUT2D eigenvalue weighted by Gasteiger charge is 2.24. The first-order valence-corrected chi connectivity index (χ1v) is 5.91. The van der Waals surface area contributed by atoms with Gasteiger partial charge in [-0.25, -0.2) is 8.42 Å². The van der Waals surface area contributed by atoms with E-state index in [9.17, 15) is 8.42 Å². The van der Waals surface area contributed by atoms with Crippen LogP contribution in [0.25, 0.3) is 0 Å². The van der Waals surface area contributed by atoms with Gasteiger partial charge < -0.3 is 0 Å². The Bertz CT molecular complexity index is 195. The van der Waals surface area contributed by atoms with Crippen LogP contribution < -0.4 is 0 Å². The van der Waals surface area contributed by atoms with Crippen LogP contribution in [-0.2, 0) is 9.05 Å². The van der Waals surface area contributed by atoms with Crippen LogP contribution in [0, 0.1) is 0 Å². The van der Waals surface area contributed by atoms with E-state index in [1.807, 2.05) is 0 Å². The van der Waals surface area contributed by atoms with Crippen molar-refractivity contribution in [3.05, 3.63) is 0 Å². The van der Waals surface area contributed by atoms with Crippen LogP contribution >= 0.6 is 24.2 Å². The van der Waals surface area contributed by atoms with E-state index < -0.39 is 9.05 Å². The maximum atomic E-state index is 10.8. The van der Waals surface area contributed by atoms with Crippen molar-refractivity contribution in [2.24, 2.45) is 0 Å². The fourth-order valence-electron chi connectivity index (χ4n) is 1.35. The molecule has 5 heteroatoms. The number of halogens is 1. The van der Waals surface area contributed by atoms with Gasteiger partial charge in [-0.2, -0.15) is 13.5 Å². The Morgan fingerprint density at radius 1 is 1.09 bits per heavy atom. The van der Waals surface area contributed by atoms with Crippen molar-refractivity contribution in [2.45, 2.75) is 37.4 Å². The standard InChI is InChI=1S/C6H11ClO2S.H2S/c7-10(8,9)6-4-2-1-3-5-6;/h6H,1-5H2;1H2. The Labute approximate surface area is 79.2 Å². The molecule has 2 nitrogen and oxygen atoms in total. The van der Waals surface area contributed by atoms with Crippen molar-refractivity contribution in [1.82, 2.24) is 0 Å². The van der Waals surface area contributed by atoms with Crippen LogP contribution in [-0.4, -0.2) is 13.7 Å². The molecule has 0 unspecified atom stereocenters. The van der Waals surface area contributed by atoms with E-state index >= 15 is 0 Å². The highest BCUT2D eigenvalue weighted by molar-refractivity contribution is 8.14. The molecule has 1 saturated carbocycles. The van der Waals surface area contributed by atoms with E-state index in [1.165, 1.54) is 0 Å². The molecule has 0 aromatic heterocycles. The van der Waals surface area contributed by atoms with Gasteiger partial charge in [0.05, 0.1) is 5.25 Å². The summed E-state index contributed by atoms with van der Waals surface area (Å²) in [6, 6.07) is 0. The van der Waals surface area contributed by atoms with Gasteiger partial charge in [0.15, 0.2) is 0 Å². The lowest BCUT2D eigenvalue weighted by Gasteiger charge is -2.17. The molecule has 0 heterocycles. The fourth-order valence-corrected chi connectivity index (χ4v) is 2.78. The summed E-state index contributed by atoms with van der Waals surface area (Å²) in [6.45, 7) is 0. The monoisotopic (exact) mass is 216 g/mol. The molecule has 1 aliphatic carbocycles. The highest BCUT2D eigenvalue weighted by Crippen LogP contribution is 2.25. The minimum absolute atomic E-state index is 0. The van der Waals surface area contributed by atoms with Gasteiger partial charge in [-0.1, -0.05) is 19.3 Å². The van der Waals surface area contributed by atoms with Crippen LogP contribution in [0.4, 0.5) is 0 Å². The molecule has 0 N–H and O–H groups in total. The van der Waals surface area contributed by atoms with Gasteiger partial charge >= 0.3 is 0 Å². The smallest absolute Gasteiger partial charge is 0.212 e.